The minimum absolute atomic E-state index is 0.0503. The smallest absolute Gasteiger partial charge is 0.0653 e. The Morgan fingerprint density at radius 3 is 2.60 bits per heavy atom. The van der Waals surface area contributed by atoms with E-state index in [9.17, 15) is 5.11 Å². The summed E-state index contributed by atoms with van der Waals surface area (Å²) in [5.74, 6) is 0. The van der Waals surface area contributed by atoms with E-state index in [1.54, 1.807) is 0 Å². The number of aromatic nitrogens is 2. The van der Waals surface area contributed by atoms with Gasteiger partial charge in [0.1, 0.15) is 0 Å². The molecule has 0 spiro atoms. The van der Waals surface area contributed by atoms with Gasteiger partial charge in [-0.15, -0.1) is 0 Å². The lowest BCUT2D eigenvalue weighted by Crippen LogP contribution is -2.21. The topological polar surface area (TPSA) is 38.0 Å². The Kier molecular flexibility index (Phi) is 2.38. The first-order valence-corrected chi connectivity index (χ1v) is 5.66. The summed E-state index contributed by atoms with van der Waals surface area (Å²) < 4.78 is 1.99. The van der Waals surface area contributed by atoms with Crippen molar-refractivity contribution in [2.75, 3.05) is 0 Å². The van der Waals surface area contributed by atoms with Gasteiger partial charge in [0.2, 0.25) is 0 Å². The maximum Gasteiger partial charge on any atom is 0.0653 e. The third-order valence-corrected chi connectivity index (χ3v) is 3.03. The SMILES string of the molecule is CC(C)(C)n1cc(CCC2(O)CC2)cn1. The fourth-order valence-corrected chi connectivity index (χ4v) is 1.63. The lowest BCUT2D eigenvalue weighted by Gasteiger charge is -2.18. The van der Waals surface area contributed by atoms with E-state index < -0.39 is 0 Å². The lowest BCUT2D eigenvalue weighted by molar-refractivity contribution is 0.140. The predicted octanol–water partition coefficient (Wildman–Crippen LogP) is 2.10. The summed E-state index contributed by atoms with van der Waals surface area (Å²) in [6.45, 7) is 6.41. The van der Waals surface area contributed by atoms with Crippen molar-refractivity contribution < 1.29 is 5.11 Å². The van der Waals surface area contributed by atoms with Crippen LogP contribution in [0.1, 0.15) is 45.6 Å². The minimum Gasteiger partial charge on any atom is -0.390 e. The normalized spacial score (nSPS) is 19.2. The van der Waals surface area contributed by atoms with Crippen molar-refractivity contribution >= 4 is 0 Å². The number of rotatable bonds is 3. The average molecular weight is 208 g/mol. The van der Waals surface area contributed by atoms with Crippen molar-refractivity contribution in [3.63, 3.8) is 0 Å². The molecule has 0 saturated heterocycles. The second-order valence-electron chi connectivity index (χ2n) is 5.69. The fourth-order valence-electron chi connectivity index (χ4n) is 1.63. The van der Waals surface area contributed by atoms with Gasteiger partial charge in [-0.25, -0.2) is 0 Å². The van der Waals surface area contributed by atoms with Gasteiger partial charge in [-0.2, -0.15) is 5.10 Å². The van der Waals surface area contributed by atoms with E-state index in [-0.39, 0.29) is 11.1 Å². The van der Waals surface area contributed by atoms with Crippen LogP contribution < -0.4 is 0 Å². The molecule has 0 atom stereocenters. The summed E-state index contributed by atoms with van der Waals surface area (Å²) in [5.41, 5.74) is 0.934. The van der Waals surface area contributed by atoms with Crippen LogP contribution in [0.15, 0.2) is 12.4 Å². The number of hydrogen-bond donors (Lipinski definition) is 1. The van der Waals surface area contributed by atoms with Crippen LogP contribution in [-0.2, 0) is 12.0 Å². The van der Waals surface area contributed by atoms with E-state index in [4.69, 9.17) is 0 Å². The van der Waals surface area contributed by atoms with E-state index in [1.165, 1.54) is 5.56 Å². The molecule has 2 rings (SSSR count). The highest BCUT2D eigenvalue weighted by atomic mass is 16.3. The van der Waals surface area contributed by atoms with Gasteiger partial charge in [-0.3, -0.25) is 4.68 Å². The lowest BCUT2D eigenvalue weighted by atomic mass is 10.1. The standard InChI is InChI=1S/C12H20N2O/c1-11(2,3)14-9-10(8-13-14)4-5-12(15)6-7-12/h8-9,15H,4-7H2,1-3H3. The Balaban J connectivity index is 1.95. The molecule has 1 aliphatic rings. The molecule has 1 fully saturated rings. The van der Waals surface area contributed by atoms with Gasteiger partial charge in [0.25, 0.3) is 0 Å². The van der Waals surface area contributed by atoms with Crippen molar-refractivity contribution in [1.29, 1.82) is 0 Å². The first-order chi connectivity index (χ1) is 6.89. The summed E-state index contributed by atoms with van der Waals surface area (Å²) in [6, 6.07) is 0. The zero-order chi connectivity index (χ0) is 11.1. The number of aryl methyl sites for hydroxylation is 1. The maximum absolute atomic E-state index is 9.73. The van der Waals surface area contributed by atoms with Crippen molar-refractivity contribution in [3.05, 3.63) is 18.0 Å². The van der Waals surface area contributed by atoms with Gasteiger partial charge in [-0.1, -0.05) is 0 Å². The van der Waals surface area contributed by atoms with E-state index in [1.807, 2.05) is 10.9 Å². The van der Waals surface area contributed by atoms with Gasteiger partial charge in [0, 0.05) is 6.20 Å². The van der Waals surface area contributed by atoms with Gasteiger partial charge in [0.15, 0.2) is 0 Å². The van der Waals surface area contributed by atoms with Crippen molar-refractivity contribution in [2.24, 2.45) is 0 Å². The Hall–Kier alpha value is -0.830. The minimum atomic E-state index is -0.343. The molecule has 1 aromatic heterocycles. The number of nitrogens with zero attached hydrogens (tertiary/aromatic N) is 2. The molecule has 1 aromatic rings. The predicted molar refractivity (Wildman–Crippen MR) is 59.7 cm³/mol. The Labute approximate surface area is 91.1 Å². The van der Waals surface area contributed by atoms with Gasteiger partial charge in [0.05, 0.1) is 17.3 Å². The van der Waals surface area contributed by atoms with Crippen LogP contribution in [0.5, 0.6) is 0 Å². The molecule has 0 unspecified atom stereocenters. The van der Waals surface area contributed by atoms with Crippen LogP contribution in [-0.4, -0.2) is 20.5 Å². The molecular weight excluding hydrogens is 188 g/mol. The van der Waals surface area contributed by atoms with Crippen molar-refractivity contribution in [3.8, 4) is 0 Å². The molecule has 0 aliphatic heterocycles. The highest BCUT2D eigenvalue weighted by Gasteiger charge is 2.39. The van der Waals surface area contributed by atoms with Crippen LogP contribution in [0.25, 0.3) is 0 Å². The van der Waals surface area contributed by atoms with E-state index in [0.29, 0.717) is 0 Å². The average Bonchev–Trinajstić information content (AvgIpc) is 2.66. The van der Waals surface area contributed by atoms with Gasteiger partial charge in [-0.05, 0) is 52.0 Å². The van der Waals surface area contributed by atoms with Gasteiger partial charge < -0.3 is 5.11 Å². The zero-order valence-corrected chi connectivity index (χ0v) is 9.82. The van der Waals surface area contributed by atoms with Crippen LogP contribution in [0, 0.1) is 0 Å². The summed E-state index contributed by atoms with van der Waals surface area (Å²) >= 11 is 0. The quantitative estimate of drug-likeness (QED) is 0.826. The van der Waals surface area contributed by atoms with E-state index >= 15 is 0 Å². The first kappa shape index (κ1) is 10.7. The van der Waals surface area contributed by atoms with Crippen molar-refractivity contribution in [1.82, 2.24) is 9.78 Å². The van der Waals surface area contributed by atoms with E-state index in [0.717, 1.165) is 25.7 Å². The third-order valence-electron chi connectivity index (χ3n) is 3.03. The molecule has 84 valence electrons. The van der Waals surface area contributed by atoms with Crippen LogP contribution in [0.4, 0.5) is 0 Å². The summed E-state index contributed by atoms with van der Waals surface area (Å²) in [4.78, 5) is 0. The molecule has 3 heteroatoms. The summed E-state index contributed by atoms with van der Waals surface area (Å²) in [5, 5.41) is 14.1. The molecule has 0 aromatic carbocycles. The van der Waals surface area contributed by atoms with E-state index in [2.05, 4.69) is 32.1 Å². The maximum atomic E-state index is 9.73. The molecule has 1 N–H and O–H groups in total. The third kappa shape index (κ3) is 2.59. The second-order valence-corrected chi connectivity index (χ2v) is 5.69. The largest absolute Gasteiger partial charge is 0.390 e. The fraction of sp³-hybridized carbons (Fsp3) is 0.750. The highest BCUT2D eigenvalue weighted by molar-refractivity contribution is 5.08. The summed E-state index contributed by atoms with van der Waals surface area (Å²) in [7, 11) is 0. The first-order valence-electron chi connectivity index (χ1n) is 5.66. The Morgan fingerprint density at radius 1 is 1.47 bits per heavy atom. The Morgan fingerprint density at radius 2 is 2.13 bits per heavy atom. The molecule has 0 bridgehead atoms. The molecule has 1 heterocycles. The molecule has 1 saturated carbocycles. The molecular formula is C12H20N2O. The van der Waals surface area contributed by atoms with Crippen LogP contribution in [0.2, 0.25) is 0 Å². The summed E-state index contributed by atoms with van der Waals surface area (Å²) in [6.07, 6.45) is 7.76. The Bertz CT molecular complexity index is 345. The molecule has 0 radical (unpaired) electrons. The highest BCUT2D eigenvalue weighted by Crippen LogP contribution is 2.39. The molecule has 0 amide bonds. The number of hydrogen-bond acceptors (Lipinski definition) is 2. The molecule has 3 nitrogen and oxygen atoms in total. The second kappa shape index (κ2) is 3.34. The molecule has 15 heavy (non-hydrogen) atoms. The zero-order valence-electron chi connectivity index (χ0n) is 9.82. The number of aliphatic hydroxyl groups is 1. The monoisotopic (exact) mass is 208 g/mol. The molecule has 1 aliphatic carbocycles. The van der Waals surface area contributed by atoms with Crippen LogP contribution >= 0.6 is 0 Å². The van der Waals surface area contributed by atoms with Crippen molar-refractivity contribution in [2.45, 2.75) is 57.6 Å². The van der Waals surface area contributed by atoms with Crippen LogP contribution in [0.3, 0.4) is 0 Å². The van der Waals surface area contributed by atoms with Gasteiger partial charge >= 0.3 is 0 Å².